The van der Waals surface area contributed by atoms with Crippen molar-refractivity contribution in [3.05, 3.63) is 29.8 Å². The highest BCUT2D eigenvalue weighted by atomic mass is 32.2. The minimum absolute atomic E-state index is 0.141. The molecular weight excluding hydrogens is 300 g/mol. The number of aryl methyl sites for hydroxylation is 1. The van der Waals surface area contributed by atoms with E-state index in [9.17, 15) is 13.2 Å². The van der Waals surface area contributed by atoms with Crippen LogP contribution in [0.1, 0.15) is 38.2 Å². The van der Waals surface area contributed by atoms with Gasteiger partial charge in [0.2, 0.25) is 15.9 Å². The van der Waals surface area contributed by atoms with Gasteiger partial charge in [-0.05, 0) is 38.8 Å². The van der Waals surface area contributed by atoms with Gasteiger partial charge in [0.05, 0.1) is 10.9 Å². The van der Waals surface area contributed by atoms with Gasteiger partial charge in [0.15, 0.2) is 0 Å². The van der Waals surface area contributed by atoms with E-state index < -0.39 is 16.1 Å². The molecule has 1 heterocycles. The van der Waals surface area contributed by atoms with E-state index in [2.05, 4.69) is 4.72 Å². The summed E-state index contributed by atoms with van der Waals surface area (Å²) in [5.41, 5.74) is 0.993. The summed E-state index contributed by atoms with van der Waals surface area (Å²) < 4.78 is 27.1. The molecule has 1 aromatic rings. The van der Waals surface area contributed by atoms with E-state index in [0.717, 1.165) is 44.3 Å². The van der Waals surface area contributed by atoms with Gasteiger partial charge < -0.3 is 4.90 Å². The number of sulfonamides is 1. The van der Waals surface area contributed by atoms with Crippen molar-refractivity contribution in [2.24, 2.45) is 0 Å². The second kappa shape index (κ2) is 7.24. The monoisotopic (exact) mass is 324 g/mol. The van der Waals surface area contributed by atoms with Gasteiger partial charge in [-0.3, -0.25) is 4.79 Å². The van der Waals surface area contributed by atoms with Crippen LogP contribution in [-0.4, -0.2) is 38.4 Å². The van der Waals surface area contributed by atoms with Gasteiger partial charge in [0, 0.05) is 13.1 Å². The number of hydrogen-bond donors (Lipinski definition) is 1. The molecule has 1 amide bonds. The van der Waals surface area contributed by atoms with E-state index in [0.29, 0.717) is 0 Å². The zero-order valence-corrected chi connectivity index (χ0v) is 14.0. The van der Waals surface area contributed by atoms with E-state index in [1.165, 1.54) is 0 Å². The van der Waals surface area contributed by atoms with Crippen molar-refractivity contribution >= 4 is 15.9 Å². The van der Waals surface area contributed by atoms with E-state index >= 15 is 0 Å². The minimum Gasteiger partial charge on any atom is -0.341 e. The molecule has 0 unspecified atom stereocenters. The van der Waals surface area contributed by atoms with Crippen molar-refractivity contribution in [2.75, 3.05) is 13.1 Å². The van der Waals surface area contributed by atoms with Crippen LogP contribution in [0.5, 0.6) is 0 Å². The van der Waals surface area contributed by atoms with Crippen LogP contribution < -0.4 is 4.72 Å². The molecule has 1 fully saturated rings. The Labute approximate surface area is 132 Å². The lowest BCUT2D eigenvalue weighted by Crippen LogP contribution is -2.47. The molecule has 1 aromatic carbocycles. The number of likely N-dealkylation sites (tertiary alicyclic amines) is 1. The van der Waals surface area contributed by atoms with Crippen LogP contribution in [0.25, 0.3) is 0 Å². The van der Waals surface area contributed by atoms with Crippen molar-refractivity contribution in [1.82, 2.24) is 9.62 Å². The topological polar surface area (TPSA) is 66.5 Å². The molecule has 0 saturated carbocycles. The van der Waals surface area contributed by atoms with Crippen molar-refractivity contribution in [3.63, 3.8) is 0 Å². The number of nitrogens with one attached hydrogen (secondary N) is 1. The van der Waals surface area contributed by atoms with E-state index in [1.807, 2.05) is 6.92 Å². The zero-order valence-electron chi connectivity index (χ0n) is 13.2. The molecule has 2 rings (SSSR count). The molecular formula is C16H24N2O3S. The van der Waals surface area contributed by atoms with Gasteiger partial charge in [0.1, 0.15) is 0 Å². The lowest BCUT2D eigenvalue weighted by atomic mass is 10.2. The van der Waals surface area contributed by atoms with Gasteiger partial charge in [0.25, 0.3) is 0 Å². The van der Waals surface area contributed by atoms with Crippen molar-refractivity contribution in [3.8, 4) is 0 Å². The molecule has 0 bridgehead atoms. The smallest absolute Gasteiger partial charge is 0.241 e. The molecule has 1 saturated heterocycles. The number of carbonyl (C=O) groups is 1. The number of rotatable bonds is 4. The third-order valence-electron chi connectivity index (χ3n) is 3.95. The molecule has 122 valence electrons. The fourth-order valence-corrected chi connectivity index (χ4v) is 3.83. The summed E-state index contributed by atoms with van der Waals surface area (Å²) in [6.07, 6.45) is 4.24. The van der Waals surface area contributed by atoms with E-state index in [1.54, 1.807) is 36.1 Å². The summed E-state index contributed by atoms with van der Waals surface area (Å²) >= 11 is 0. The van der Waals surface area contributed by atoms with Crippen LogP contribution >= 0.6 is 0 Å². The molecule has 0 aliphatic carbocycles. The van der Waals surface area contributed by atoms with Crippen LogP contribution in [0.3, 0.4) is 0 Å². The number of amides is 1. The Balaban J connectivity index is 2.04. The highest BCUT2D eigenvalue weighted by molar-refractivity contribution is 7.89. The summed E-state index contributed by atoms with van der Waals surface area (Å²) in [5.74, 6) is -0.141. The Kier molecular flexibility index (Phi) is 5.58. The first-order chi connectivity index (χ1) is 10.4. The highest BCUT2D eigenvalue weighted by Gasteiger charge is 2.26. The summed E-state index contributed by atoms with van der Waals surface area (Å²) in [7, 11) is -3.67. The van der Waals surface area contributed by atoms with Gasteiger partial charge in [-0.25, -0.2) is 8.42 Å². The SMILES string of the molecule is Cc1ccc(S(=O)(=O)N[C@@H](C)C(=O)N2CCCCCC2)cc1. The maximum Gasteiger partial charge on any atom is 0.241 e. The first kappa shape index (κ1) is 17.0. The normalized spacial score (nSPS) is 17.8. The minimum atomic E-state index is -3.67. The average Bonchev–Trinajstić information content (AvgIpc) is 2.75. The van der Waals surface area contributed by atoms with Crippen molar-refractivity contribution in [1.29, 1.82) is 0 Å². The van der Waals surface area contributed by atoms with Crippen molar-refractivity contribution < 1.29 is 13.2 Å². The summed E-state index contributed by atoms with van der Waals surface area (Å²) in [6, 6.07) is 5.86. The molecule has 0 aromatic heterocycles. The van der Waals surface area contributed by atoms with Crippen molar-refractivity contribution in [2.45, 2.75) is 50.5 Å². The van der Waals surface area contributed by atoms with Crippen LogP contribution in [0.4, 0.5) is 0 Å². The quantitative estimate of drug-likeness (QED) is 0.922. The van der Waals surface area contributed by atoms with E-state index in [4.69, 9.17) is 0 Å². The predicted molar refractivity (Wildman–Crippen MR) is 86.0 cm³/mol. The zero-order chi connectivity index (χ0) is 16.2. The van der Waals surface area contributed by atoms with Gasteiger partial charge >= 0.3 is 0 Å². The predicted octanol–water partition coefficient (Wildman–Crippen LogP) is 2.06. The molecule has 5 nitrogen and oxygen atoms in total. The average molecular weight is 324 g/mol. The van der Waals surface area contributed by atoms with Crippen LogP contribution in [0.2, 0.25) is 0 Å². The van der Waals surface area contributed by atoms with Crippen LogP contribution in [-0.2, 0) is 14.8 Å². The first-order valence-corrected chi connectivity index (χ1v) is 9.26. The Morgan fingerprint density at radius 2 is 1.64 bits per heavy atom. The second-order valence-electron chi connectivity index (χ2n) is 5.90. The van der Waals surface area contributed by atoms with Gasteiger partial charge in [-0.15, -0.1) is 0 Å². The molecule has 0 radical (unpaired) electrons. The second-order valence-corrected chi connectivity index (χ2v) is 7.61. The van der Waals surface area contributed by atoms with E-state index in [-0.39, 0.29) is 10.8 Å². The summed E-state index contributed by atoms with van der Waals surface area (Å²) in [6.45, 7) is 4.94. The molecule has 1 aliphatic heterocycles. The summed E-state index contributed by atoms with van der Waals surface area (Å²) in [4.78, 5) is 14.4. The maximum atomic E-state index is 12.4. The maximum absolute atomic E-state index is 12.4. The largest absolute Gasteiger partial charge is 0.341 e. The first-order valence-electron chi connectivity index (χ1n) is 7.78. The molecule has 0 spiro atoms. The highest BCUT2D eigenvalue weighted by Crippen LogP contribution is 2.13. The van der Waals surface area contributed by atoms with Crippen LogP contribution in [0.15, 0.2) is 29.2 Å². The Morgan fingerprint density at radius 3 is 2.18 bits per heavy atom. The standard InChI is InChI=1S/C16H24N2O3S/c1-13-7-9-15(10-8-13)22(20,21)17-14(2)16(19)18-11-5-3-4-6-12-18/h7-10,14,17H,3-6,11-12H2,1-2H3/t14-/m0/s1. The molecule has 1 aliphatic rings. The molecule has 1 N–H and O–H groups in total. The number of carbonyl (C=O) groups excluding carboxylic acids is 1. The lowest BCUT2D eigenvalue weighted by Gasteiger charge is -2.24. The fourth-order valence-electron chi connectivity index (χ4n) is 2.63. The van der Waals surface area contributed by atoms with Crippen LogP contribution in [0, 0.1) is 6.92 Å². The Bertz CT molecular complexity index is 603. The molecule has 1 atom stereocenters. The third kappa shape index (κ3) is 4.30. The number of nitrogens with zero attached hydrogens (tertiary/aromatic N) is 1. The Morgan fingerprint density at radius 1 is 1.09 bits per heavy atom. The fraction of sp³-hybridized carbons (Fsp3) is 0.562. The van der Waals surface area contributed by atoms with Gasteiger partial charge in [-0.2, -0.15) is 4.72 Å². The Hall–Kier alpha value is -1.40. The molecule has 22 heavy (non-hydrogen) atoms. The van der Waals surface area contributed by atoms with Gasteiger partial charge in [-0.1, -0.05) is 30.5 Å². The molecule has 6 heteroatoms. The number of benzene rings is 1. The lowest BCUT2D eigenvalue weighted by molar-refractivity contribution is -0.132. The number of hydrogen-bond acceptors (Lipinski definition) is 3. The summed E-state index contributed by atoms with van der Waals surface area (Å²) in [5, 5.41) is 0. The third-order valence-corrected chi connectivity index (χ3v) is 5.51.